The van der Waals surface area contributed by atoms with E-state index in [0.29, 0.717) is 0 Å². The third-order valence-electron chi connectivity index (χ3n) is 8.75. The van der Waals surface area contributed by atoms with Gasteiger partial charge in [-0.25, -0.2) is 0 Å². The molecule has 7 aromatic carbocycles. The SMILES string of the molecule is c1ccc(-c2cc(N(c3ccccc3)c3ccc4c(c3)oc3ccccc34)cc3c2c2ccccc2n3-c2ccccc2)cc1. The van der Waals surface area contributed by atoms with Crippen molar-refractivity contribution < 1.29 is 4.42 Å². The molecule has 2 heterocycles. The van der Waals surface area contributed by atoms with Crippen LogP contribution in [0.4, 0.5) is 17.1 Å². The molecule has 0 atom stereocenters. The van der Waals surface area contributed by atoms with Crippen LogP contribution in [0.25, 0.3) is 60.6 Å². The molecule has 0 saturated heterocycles. The number of fused-ring (bicyclic) bond motifs is 6. The molecule has 0 radical (unpaired) electrons. The van der Waals surface area contributed by atoms with Gasteiger partial charge in [0, 0.05) is 50.4 Å². The number of aromatic nitrogens is 1. The van der Waals surface area contributed by atoms with Crippen LogP contribution in [0.3, 0.4) is 0 Å². The molecule has 0 spiro atoms. The predicted molar refractivity (Wildman–Crippen MR) is 188 cm³/mol. The Hall–Kier alpha value is -6.06. The number of anilines is 3. The van der Waals surface area contributed by atoms with E-state index >= 15 is 0 Å². The number of nitrogens with zero attached hydrogens (tertiary/aromatic N) is 2. The molecule has 9 rings (SSSR count). The maximum Gasteiger partial charge on any atom is 0.137 e. The Balaban J connectivity index is 1.38. The van der Waals surface area contributed by atoms with Crippen molar-refractivity contribution in [3.8, 4) is 16.8 Å². The first-order valence-corrected chi connectivity index (χ1v) is 15.3. The highest BCUT2D eigenvalue weighted by Crippen LogP contribution is 2.45. The quantitative estimate of drug-likeness (QED) is 0.203. The summed E-state index contributed by atoms with van der Waals surface area (Å²) in [6.45, 7) is 0. The molecule has 45 heavy (non-hydrogen) atoms. The third-order valence-corrected chi connectivity index (χ3v) is 8.75. The van der Waals surface area contributed by atoms with Crippen molar-refractivity contribution in [2.75, 3.05) is 4.90 Å². The molecule has 0 N–H and O–H groups in total. The molecular formula is C42H28N2O. The molecule has 3 heteroatoms. The lowest BCUT2D eigenvalue weighted by molar-refractivity contribution is 0.669. The summed E-state index contributed by atoms with van der Waals surface area (Å²) in [6.07, 6.45) is 0. The number of rotatable bonds is 5. The molecule has 3 nitrogen and oxygen atoms in total. The molecule has 9 aromatic rings. The minimum absolute atomic E-state index is 0.873. The number of furan rings is 1. The van der Waals surface area contributed by atoms with Crippen molar-refractivity contribution in [1.29, 1.82) is 0 Å². The lowest BCUT2D eigenvalue weighted by Gasteiger charge is -2.26. The fourth-order valence-corrected chi connectivity index (χ4v) is 6.79. The van der Waals surface area contributed by atoms with Crippen LogP contribution in [-0.2, 0) is 0 Å². The lowest BCUT2D eigenvalue weighted by Crippen LogP contribution is -2.10. The fraction of sp³-hybridized carbons (Fsp3) is 0. The van der Waals surface area contributed by atoms with Crippen molar-refractivity contribution >= 4 is 60.8 Å². The Morgan fingerprint density at radius 1 is 0.422 bits per heavy atom. The highest BCUT2D eigenvalue weighted by Gasteiger charge is 2.22. The van der Waals surface area contributed by atoms with Gasteiger partial charge < -0.3 is 13.9 Å². The van der Waals surface area contributed by atoms with E-state index in [0.717, 1.165) is 50.2 Å². The van der Waals surface area contributed by atoms with E-state index < -0.39 is 0 Å². The summed E-state index contributed by atoms with van der Waals surface area (Å²) in [6, 6.07) is 60.2. The Morgan fingerprint density at radius 3 is 1.87 bits per heavy atom. The molecule has 0 bridgehead atoms. The van der Waals surface area contributed by atoms with Crippen molar-refractivity contribution in [2.24, 2.45) is 0 Å². The van der Waals surface area contributed by atoms with E-state index in [-0.39, 0.29) is 0 Å². The van der Waals surface area contributed by atoms with Crippen LogP contribution in [-0.4, -0.2) is 4.57 Å². The zero-order chi connectivity index (χ0) is 29.7. The molecule has 0 saturated carbocycles. The maximum atomic E-state index is 6.36. The monoisotopic (exact) mass is 576 g/mol. The smallest absolute Gasteiger partial charge is 0.137 e. The van der Waals surface area contributed by atoms with Gasteiger partial charge in [-0.2, -0.15) is 0 Å². The summed E-state index contributed by atoms with van der Waals surface area (Å²) in [7, 11) is 0. The number of benzene rings is 7. The molecule has 212 valence electrons. The average molecular weight is 577 g/mol. The van der Waals surface area contributed by atoms with Crippen LogP contribution < -0.4 is 4.90 Å². The first-order chi connectivity index (χ1) is 22.3. The highest BCUT2D eigenvalue weighted by atomic mass is 16.3. The highest BCUT2D eigenvalue weighted by molar-refractivity contribution is 6.17. The molecule has 0 aliphatic heterocycles. The zero-order valence-electron chi connectivity index (χ0n) is 24.5. The zero-order valence-corrected chi connectivity index (χ0v) is 24.5. The second kappa shape index (κ2) is 10.3. The van der Waals surface area contributed by atoms with E-state index in [1.807, 2.05) is 12.1 Å². The van der Waals surface area contributed by atoms with Gasteiger partial charge in [0.2, 0.25) is 0 Å². The number of para-hydroxylation sites is 4. The van der Waals surface area contributed by atoms with Gasteiger partial charge >= 0.3 is 0 Å². The molecule has 0 aliphatic rings. The average Bonchev–Trinajstić information content (AvgIpc) is 3.65. The van der Waals surface area contributed by atoms with E-state index in [1.54, 1.807) is 0 Å². The van der Waals surface area contributed by atoms with Gasteiger partial charge in [-0.15, -0.1) is 0 Å². The van der Waals surface area contributed by atoms with E-state index in [9.17, 15) is 0 Å². The Labute approximate surface area is 260 Å². The van der Waals surface area contributed by atoms with E-state index in [2.05, 4.69) is 167 Å². The van der Waals surface area contributed by atoms with Gasteiger partial charge in [0.25, 0.3) is 0 Å². The third kappa shape index (κ3) is 4.13. The number of hydrogen-bond acceptors (Lipinski definition) is 2. The minimum atomic E-state index is 0.873. The van der Waals surface area contributed by atoms with Crippen molar-refractivity contribution in [2.45, 2.75) is 0 Å². The Kier molecular flexibility index (Phi) is 5.82. The second-order valence-electron chi connectivity index (χ2n) is 11.4. The largest absolute Gasteiger partial charge is 0.456 e. The molecule has 0 fully saturated rings. The van der Waals surface area contributed by atoms with Gasteiger partial charge in [0.05, 0.1) is 11.0 Å². The topological polar surface area (TPSA) is 21.3 Å². The van der Waals surface area contributed by atoms with Gasteiger partial charge in [-0.3, -0.25) is 0 Å². The van der Waals surface area contributed by atoms with Gasteiger partial charge in [-0.1, -0.05) is 103 Å². The second-order valence-corrected chi connectivity index (χ2v) is 11.4. The first-order valence-electron chi connectivity index (χ1n) is 15.3. The van der Waals surface area contributed by atoms with Gasteiger partial charge in [-0.05, 0) is 71.8 Å². The van der Waals surface area contributed by atoms with Crippen LogP contribution in [0.1, 0.15) is 0 Å². The summed E-state index contributed by atoms with van der Waals surface area (Å²) in [4.78, 5) is 2.34. The molecule has 0 unspecified atom stereocenters. The van der Waals surface area contributed by atoms with Crippen LogP contribution in [0.15, 0.2) is 174 Å². The van der Waals surface area contributed by atoms with E-state index in [4.69, 9.17) is 4.42 Å². The fourth-order valence-electron chi connectivity index (χ4n) is 6.79. The first kappa shape index (κ1) is 25.4. The minimum Gasteiger partial charge on any atom is -0.456 e. The van der Waals surface area contributed by atoms with Crippen LogP contribution in [0, 0.1) is 0 Å². The van der Waals surface area contributed by atoms with Crippen LogP contribution >= 0.6 is 0 Å². The van der Waals surface area contributed by atoms with Crippen molar-refractivity contribution in [3.05, 3.63) is 170 Å². The summed E-state index contributed by atoms with van der Waals surface area (Å²) in [5.41, 5.74) is 10.8. The Morgan fingerprint density at radius 2 is 1.07 bits per heavy atom. The van der Waals surface area contributed by atoms with Crippen LogP contribution in [0.2, 0.25) is 0 Å². The molecule has 2 aromatic heterocycles. The summed E-state index contributed by atoms with van der Waals surface area (Å²) >= 11 is 0. The molecule has 0 aliphatic carbocycles. The molecule has 0 amide bonds. The van der Waals surface area contributed by atoms with Crippen molar-refractivity contribution in [3.63, 3.8) is 0 Å². The predicted octanol–water partition coefficient (Wildman–Crippen LogP) is 11.8. The maximum absolute atomic E-state index is 6.36. The van der Waals surface area contributed by atoms with Crippen LogP contribution in [0.5, 0.6) is 0 Å². The standard InChI is InChI=1S/C42H28N2O/c1-4-14-29(15-5-1)37-26-33(27-39-42(37)36-21-10-12-22-38(36)44(39)31-18-8-3-9-19-31)43(30-16-6-2-7-17-30)32-24-25-35-34-20-11-13-23-40(34)45-41(35)28-32/h1-28H. The summed E-state index contributed by atoms with van der Waals surface area (Å²) in [5, 5.41) is 4.72. The normalized spacial score (nSPS) is 11.6. The summed E-state index contributed by atoms with van der Waals surface area (Å²) < 4.78 is 8.76. The van der Waals surface area contributed by atoms with Gasteiger partial charge in [0.15, 0.2) is 0 Å². The van der Waals surface area contributed by atoms with E-state index in [1.165, 1.54) is 27.4 Å². The van der Waals surface area contributed by atoms with Crippen molar-refractivity contribution in [1.82, 2.24) is 4.57 Å². The van der Waals surface area contributed by atoms with Gasteiger partial charge in [0.1, 0.15) is 11.2 Å². The summed E-state index contributed by atoms with van der Waals surface area (Å²) in [5.74, 6) is 0. The lowest BCUT2D eigenvalue weighted by atomic mass is 9.98. The Bertz CT molecular complexity index is 2470. The number of hydrogen-bond donors (Lipinski definition) is 0. The molecular weight excluding hydrogens is 548 g/mol.